The van der Waals surface area contributed by atoms with Gasteiger partial charge < -0.3 is 9.11 Å². The van der Waals surface area contributed by atoms with Gasteiger partial charge >= 0.3 is 0 Å². The molecule has 0 rings (SSSR count). The van der Waals surface area contributed by atoms with E-state index < -0.39 is 10.4 Å². The van der Waals surface area contributed by atoms with E-state index in [2.05, 4.69) is 39.4 Å². The fourth-order valence-corrected chi connectivity index (χ4v) is 0.447. The van der Waals surface area contributed by atoms with E-state index in [4.69, 9.17) is 17.5 Å². The maximum absolute atomic E-state index is 8.52. The molecular formula is C8H26N4O4S. The molecule has 0 amide bonds. The summed E-state index contributed by atoms with van der Waals surface area (Å²) in [5.41, 5.74) is 0. The minimum Gasteiger partial charge on any atom is -0.759 e. The number of hydrogen-bond acceptors (Lipinski definition) is 6. The van der Waals surface area contributed by atoms with Crippen LogP contribution in [0.5, 0.6) is 0 Å². The van der Waals surface area contributed by atoms with E-state index >= 15 is 0 Å². The van der Waals surface area contributed by atoms with Crippen molar-refractivity contribution in [2.24, 2.45) is 0 Å². The van der Waals surface area contributed by atoms with Crippen LogP contribution in [-0.2, 0) is 10.4 Å². The fourth-order valence-electron chi connectivity index (χ4n) is 0.447. The second-order valence-electron chi connectivity index (χ2n) is 3.01. The zero-order chi connectivity index (χ0) is 14.5. The first-order chi connectivity index (χ1) is 7.62. The molecule has 0 aliphatic rings. The molecule has 0 aliphatic carbocycles. The average Bonchev–Trinajstić information content (AvgIpc) is 2.25. The van der Waals surface area contributed by atoms with Crippen LogP contribution in [-0.4, -0.2) is 53.7 Å². The lowest BCUT2D eigenvalue weighted by atomic mass is 10.6. The predicted molar refractivity (Wildman–Crippen MR) is 62.1 cm³/mol. The number of quaternary nitrogens is 2. The van der Waals surface area contributed by atoms with Crippen LogP contribution >= 0.6 is 0 Å². The van der Waals surface area contributed by atoms with E-state index in [-0.39, 0.29) is 0 Å². The lowest BCUT2D eigenvalue weighted by Crippen LogP contribution is -2.67. The van der Waals surface area contributed by atoms with Crippen molar-refractivity contribution < 1.29 is 29.2 Å². The maximum Gasteiger partial charge on any atom is 0.0445 e. The molecule has 0 fully saturated rings. The van der Waals surface area contributed by atoms with E-state index in [0.717, 1.165) is 26.2 Å². The molecule has 0 atom stereocenters. The molecule has 0 bridgehead atoms. The van der Waals surface area contributed by atoms with Crippen molar-refractivity contribution in [1.82, 2.24) is 10.0 Å². The van der Waals surface area contributed by atoms with E-state index in [9.17, 15) is 0 Å². The van der Waals surface area contributed by atoms with Crippen molar-refractivity contribution in [3.8, 4) is 0 Å². The Hall–Kier alpha value is -0.290. The summed E-state index contributed by atoms with van der Waals surface area (Å²) in [5, 5.41) is 4.00. The van der Waals surface area contributed by atoms with Crippen molar-refractivity contribution >= 4 is 10.4 Å². The Bertz CT molecular complexity index is 210. The van der Waals surface area contributed by atoms with Gasteiger partial charge in [0.15, 0.2) is 0 Å². The molecule has 8 nitrogen and oxygen atoms in total. The molecule has 108 valence electrons. The zero-order valence-electron chi connectivity index (χ0n) is 11.2. The zero-order valence-corrected chi connectivity index (χ0v) is 12.0. The van der Waals surface area contributed by atoms with E-state index in [1.165, 1.54) is 0 Å². The van der Waals surface area contributed by atoms with Gasteiger partial charge in [-0.05, 0) is 27.7 Å². The van der Waals surface area contributed by atoms with Gasteiger partial charge in [-0.15, -0.1) is 0 Å². The van der Waals surface area contributed by atoms with E-state index in [1.54, 1.807) is 0 Å². The number of rotatable bonds is 4. The van der Waals surface area contributed by atoms with Crippen LogP contribution in [0.2, 0.25) is 0 Å². The van der Waals surface area contributed by atoms with Gasteiger partial charge in [0.05, 0.1) is 0 Å². The summed E-state index contributed by atoms with van der Waals surface area (Å²) in [4.78, 5) is 0. The largest absolute Gasteiger partial charge is 0.759 e. The molecule has 0 aromatic heterocycles. The number of nitrogens with zero attached hydrogens (tertiary/aromatic N) is 2. The standard InChI is InChI=1S/2C4H12N2.H2O4S/c2*1-3-6(5)4-2;1-5(2,3)4/h2*3-5H2,1-2H3;(H2,1,2,3,4). The molecule has 0 heterocycles. The molecule has 0 aromatic carbocycles. The summed E-state index contributed by atoms with van der Waals surface area (Å²) in [6.45, 7) is 12.6. The van der Waals surface area contributed by atoms with Crippen LogP contribution in [0.1, 0.15) is 27.7 Å². The van der Waals surface area contributed by atoms with Gasteiger partial charge in [0.2, 0.25) is 0 Å². The predicted octanol–water partition coefficient (Wildman–Crippen LogP) is -2.37. The minimum atomic E-state index is -5.17. The SMILES string of the molecule is CCN([NH3+])CC.CCN([NH3+])CC.O=S(=O)([O-])[O-]. The van der Waals surface area contributed by atoms with Crippen LogP contribution < -0.4 is 11.7 Å². The summed E-state index contributed by atoms with van der Waals surface area (Å²) < 4.78 is 34.1. The maximum atomic E-state index is 8.52. The topological polar surface area (TPSA) is 142 Å². The third kappa shape index (κ3) is 49.7. The van der Waals surface area contributed by atoms with Crippen LogP contribution in [0.4, 0.5) is 0 Å². The van der Waals surface area contributed by atoms with Crippen LogP contribution in [0.25, 0.3) is 0 Å². The molecule has 0 spiro atoms. The van der Waals surface area contributed by atoms with Gasteiger partial charge in [0, 0.05) is 36.6 Å². The third-order valence-electron chi connectivity index (χ3n) is 1.79. The summed E-state index contributed by atoms with van der Waals surface area (Å²) in [6, 6.07) is 0. The molecule has 9 heteroatoms. The van der Waals surface area contributed by atoms with E-state index in [0.29, 0.717) is 0 Å². The molecule has 0 saturated heterocycles. The first-order valence-electron chi connectivity index (χ1n) is 5.39. The highest BCUT2D eigenvalue weighted by molar-refractivity contribution is 7.79. The van der Waals surface area contributed by atoms with Gasteiger partial charge in [0.25, 0.3) is 0 Å². The Balaban J connectivity index is -0.000000174. The summed E-state index contributed by atoms with van der Waals surface area (Å²) in [6.07, 6.45) is 0. The van der Waals surface area contributed by atoms with Crippen molar-refractivity contribution in [1.29, 1.82) is 0 Å². The van der Waals surface area contributed by atoms with Crippen LogP contribution in [0.15, 0.2) is 0 Å². The Morgan fingerprint density at radius 1 is 0.824 bits per heavy atom. The molecular weight excluding hydrogens is 248 g/mol. The molecule has 0 aromatic rings. The van der Waals surface area contributed by atoms with Crippen molar-refractivity contribution in [2.45, 2.75) is 27.7 Å². The highest BCUT2D eigenvalue weighted by Crippen LogP contribution is 1.66. The Kier molecular flexibility index (Phi) is 17.8. The normalized spacial score (nSPS) is 10.5. The smallest absolute Gasteiger partial charge is 0.0445 e. The van der Waals surface area contributed by atoms with Crippen LogP contribution in [0.3, 0.4) is 0 Å². The van der Waals surface area contributed by atoms with Crippen molar-refractivity contribution in [3.63, 3.8) is 0 Å². The lowest BCUT2D eigenvalue weighted by Gasteiger charge is -2.06. The van der Waals surface area contributed by atoms with Crippen molar-refractivity contribution in [2.75, 3.05) is 26.2 Å². The third-order valence-corrected chi connectivity index (χ3v) is 1.79. The molecule has 0 aliphatic heterocycles. The van der Waals surface area contributed by atoms with Crippen LogP contribution in [0, 0.1) is 0 Å². The van der Waals surface area contributed by atoms with Gasteiger partial charge in [-0.25, -0.2) is 0 Å². The lowest BCUT2D eigenvalue weighted by molar-refractivity contribution is -0.573. The van der Waals surface area contributed by atoms with Crippen molar-refractivity contribution in [3.05, 3.63) is 0 Å². The Morgan fingerprint density at radius 2 is 0.941 bits per heavy atom. The Labute approximate surface area is 104 Å². The summed E-state index contributed by atoms with van der Waals surface area (Å²) >= 11 is 0. The highest BCUT2D eigenvalue weighted by Gasteiger charge is 1.87. The van der Waals surface area contributed by atoms with Gasteiger partial charge in [-0.1, -0.05) is 0 Å². The molecule has 0 saturated carbocycles. The quantitative estimate of drug-likeness (QED) is 0.333. The second-order valence-corrected chi connectivity index (χ2v) is 3.83. The number of hydrogen-bond donors (Lipinski definition) is 2. The summed E-state index contributed by atoms with van der Waals surface area (Å²) in [5.74, 6) is 7.42. The first kappa shape index (κ1) is 21.9. The first-order valence-corrected chi connectivity index (χ1v) is 6.73. The van der Waals surface area contributed by atoms with E-state index in [1.807, 2.05) is 10.0 Å². The van der Waals surface area contributed by atoms with Gasteiger partial charge in [0.1, 0.15) is 0 Å². The second kappa shape index (κ2) is 13.8. The molecule has 6 N–H and O–H groups in total. The molecule has 0 radical (unpaired) electrons. The summed E-state index contributed by atoms with van der Waals surface area (Å²) in [7, 11) is -5.17. The Morgan fingerprint density at radius 3 is 0.941 bits per heavy atom. The monoisotopic (exact) mass is 274 g/mol. The van der Waals surface area contributed by atoms with Gasteiger partial charge in [-0.3, -0.25) is 20.1 Å². The average molecular weight is 274 g/mol. The molecule has 0 unspecified atom stereocenters. The highest BCUT2D eigenvalue weighted by atomic mass is 32.3. The minimum absolute atomic E-state index is 1.05. The van der Waals surface area contributed by atoms with Gasteiger partial charge in [-0.2, -0.15) is 10.0 Å². The fraction of sp³-hybridized carbons (Fsp3) is 1.00. The molecule has 17 heavy (non-hydrogen) atoms.